The van der Waals surface area contributed by atoms with Crippen molar-refractivity contribution in [2.75, 3.05) is 0 Å². The summed E-state index contributed by atoms with van der Waals surface area (Å²) >= 11 is 3.58. The summed E-state index contributed by atoms with van der Waals surface area (Å²) in [5, 5.41) is 5.74. The maximum atomic E-state index is 12.9. The van der Waals surface area contributed by atoms with Gasteiger partial charge in [-0.2, -0.15) is 0 Å². The molecule has 1 amide bonds. The molecular formula is C21H22BrNO. The van der Waals surface area contributed by atoms with E-state index in [1.165, 1.54) is 38.5 Å². The largest absolute Gasteiger partial charge is 0.347 e. The number of hydrogen-bond donors (Lipinski definition) is 1. The zero-order valence-corrected chi connectivity index (χ0v) is 15.3. The summed E-state index contributed by atoms with van der Waals surface area (Å²) < 4.78 is 1.08. The number of benzene rings is 2. The van der Waals surface area contributed by atoms with Crippen LogP contribution >= 0.6 is 15.9 Å². The molecule has 24 heavy (non-hydrogen) atoms. The van der Waals surface area contributed by atoms with Crippen LogP contribution in [0.25, 0.3) is 10.8 Å². The molecule has 0 radical (unpaired) electrons. The Morgan fingerprint density at radius 2 is 1.67 bits per heavy atom. The van der Waals surface area contributed by atoms with Gasteiger partial charge in [-0.05, 0) is 85.3 Å². The standard InChI is InChI=1S/C21H22BrNO/c22-19-3-1-2-16-9-17(4-5-18(16)19)20(24)23-21-10-13-6-14(11-21)8-15(7-13)12-21/h1-5,9,13-15H,6-8,10-12H2,(H,23,24). The van der Waals surface area contributed by atoms with Crippen molar-refractivity contribution in [3.05, 3.63) is 46.4 Å². The first kappa shape index (κ1) is 14.9. The van der Waals surface area contributed by atoms with Crippen LogP contribution in [0.3, 0.4) is 0 Å². The molecule has 2 nitrogen and oxygen atoms in total. The van der Waals surface area contributed by atoms with Crippen molar-refractivity contribution in [2.45, 2.75) is 44.1 Å². The molecule has 0 saturated heterocycles. The monoisotopic (exact) mass is 383 g/mol. The van der Waals surface area contributed by atoms with Crippen molar-refractivity contribution in [1.82, 2.24) is 5.32 Å². The minimum absolute atomic E-state index is 0.0814. The molecule has 0 aliphatic heterocycles. The molecule has 0 unspecified atom stereocenters. The lowest BCUT2D eigenvalue weighted by atomic mass is 9.53. The Kier molecular flexibility index (Phi) is 3.31. The first-order valence-corrected chi connectivity index (χ1v) is 9.90. The van der Waals surface area contributed by atoms with Gasteiger partial charge in [-0.1, -0.05) is 34.1 Å². The lowest BCUT2D eigenvalue weighted by molar-refractivity contribution is -0.0166. The van der Waals surface area contributed by atoms with E-state index in [0.717, 1.165) is 38.6 Å². The molecule has 0 heterocycles. The predicted octanol–water partition coefficient (Wildman–Crippen LogP) is 5.30. The van der Waals surface area contributed by atoms with Crippen LogP contribution in [0.2, 0.25) is 0 Å². The van der Waals surface area contributed by atoms with Crippen LogP contribution in [0.4, 0.5) is 0 Å². The lowest BCUT2D eigenvalue weighted by Gasteiger charge is -2.56. The van der Waals surface area contributed by atoms with Gasteiger partial charge in [0.05, 0.1) is 0 Å². The number of hydrogen-bond acceptors (Lipinski definition) is 1. The molecule has 0 atom stereocenters. The maximum Gasteiger partial charge on any atom is 0.251 e. The third-order valence-corrected chi connectivity index (χ3v) is 7.20. The van der Waals surface area contributed by atoms with Gasteiger partial charge in [-0.15, -0.1) is 0 Å². The molecule has 2 aromatic carbocycles. The van der Waals surface area contributed by atoms with Crippen LogP contribution in [0.15, 0.2) is 40.9 Å². The summed E-state index contributed by atoms with van der Waals surface area (Å²) in [5.74, 6) is 2.66. The van der Waals surface area contributed by atoms with Gasteiger partial charge in [0.15, 0.2) is 0 Å². The number of carbonyl (C=O) groups is 1. The lowest BCUT2D eigenvalue weighted by Crippen LogP contribution is -2.59. The Morgan fingerprint density at radius 3 is 2.33 bits per heavy atom. The first-order valence-electron chi connectivity index (χ1n) is 9.11. The second kappa shape index (κ2) is 5.32. The Hall–Kier alpha value is -1.35. The van der Waals surface area contributed by atoms with Crippen molar-refractivity contribution < 1.29 is 4.79 Å². The highest BCUT2D eigenvalue weighted by molar-refractivity contribution is 9.10. The van der Waals surface area contributed by atoms with Gasteiger partial charge in [-0.3, -0.25) is 4.79 Å². The second-order valence-corrected chi connectivity index (χ2v) is 9.18. The van der Waals surface area contributed by atoms with Gasteiger partial charge in [-0.25, -0.2) is 0 Å². The van der Waals surface area contributed by atoms with E-state index in [2.05, 4.69) is 27.3 Å². The quantitative estimate of drug-likeness (QED) is 0.748. The number of fused-ring (bicyclic) bond motifs is 1. The molecule has 6 rings (SSSR count). The molecule has 4 fully saturated rings. The molecule has 4 bridgehead atoms. The van der Waals surface area contributed by atoms with E-state index >= 15 is 0 Å². The Bertz CT molecular complexity index is 792. The first-order chi connectivity index (χ1) is 11.6. The van der Waals surface area contributed by atoms with E-state index in [9.17, 15) is 4.79 Å². The van der Waals surface area contributed by atoms with E-state index in [1.54, 1.807) is 0 Å². The number of nitrogens with one attached hydrogen (secondary N) is 1. The van der Waals surface area contributed by atoms with E-state index in [4.69, 9.17) is 0 Å². The van der Waals surface area contributed by atoms with Crippen molar-refractivity contribution >= 4 is 32.6 Å². The van der Waals surface area contributed by atoms with E-state index in [1.807, 2.05) is 30.3 Å². The Balaban J connectivity index is 1.43. The molecule has 4 aliphatic rings. The Morgan fingerprint density at radius 1 is 1.00 bits per heavy atom. The van der Waals surface area contributed by atoms with Gasteiger partial charge in [0.25, 0.3) is 5.91 Å². The molecule has 2 aromatic rings. The highest BCUT2D eigenvalue weighted by Crippen LogP contribution is 2.55. The molecule has 4 aliphatic carbocycles. The zero-order chi connectivity index (χ0) is 16.3. The van der Waals surface area contributed by atoms with Crippen LogP contribution in [0.1, 0.15) is 48.9 Å². The number of carbonyl (C=O) groups excluding carboxylic acids is 1. The minimum atomic E-state index is 0.0814. The van der Waals surface area contributed by atoms with Crippen LogP contribution < -0.4 is 5.32 Å². The summed E-state index contributed by atoms with van der Waals surface area (Å²) in [5.41, 5.74) is 0.870. The summed E-state index contributed by atoms with van der Waals surface area (Å²) in [4.78, 5) is 12.9. The molecule has 0 spiro atoms. The van der Waals surface area contributed by atoms with Gasteiger partial charge in [0.2, 0.25) is 0 Å². The van der Waals surface area contributed by atoms with Gasteiger partial charge in [0.1, 0.15) is 0 Å². The van der Waals surface area contributed by atoms with Crippen LogP contribution in [0, 0.1) is 17.8 Å². The molecule has 124 valence electrons. The zero-order valence-electron chi connectivity index (χ0n) is 13.7. The van der Waals surface area contributed by atoms with Crippen molar-refractivity contribution in [1.29, 1.82) is 0 Å². The van der Waals surface area contributed by atoms with E-state index in [0.29, 0.717) is 0 Å². The second-order valence-electron chi connectivity index (χ2n) is 8.33. The molecule has 4 saturated carbocycles. The Labute approximate surface area is 151 Å². The number of rotatable bonds is 2. The molecular weight excluding hydrogens is 362 g/mol. The predicted molar refractivity (Wildman–Crippen MR) is 100 cm³/mol. The highest BCUT2D eigenvalue weighted by Gasteiger charge is 2.51. The third-order valence-electron chi connectivity index (χ3n) is 6.51. The molecule has 0 aromatic heterocycles. The number of amides is 1. The fourth-order valence-electron chi connectivity index (χ4n) is 5.96. The van der Waals surface area contributed by atoms with Gasteiger partial charge >= 0.3 is 0 Å². The molecule has 3 heteroatoms. The summed E-state index contributed by atoms with van der Waals surface area (Å²) in [7, 11) is 0. The van der Waals surface area contributed by atoms with Gasteiger partial charge < -0.3 is 5.32 Å². The van der Waals surface area contributed by atoms with Crippen LogP contribution in [0.5, 0.6) is 0 Å². The average molecular weight is 384 g/mol. The third kappa shape index (κ3) is 2.40. The smallest absolute Gasteiger partial charge is 0.251 e. The van der Waals surface area contributed by atoms with E-state index in [-0.39, 0.29) is 11.4 Å². The summed E-state index contributed by atoms with van der Waals surface area (Å²) in [6, 6.07) is 12.2. The van der Waals surface area contributed by atoms with Crippen LogP contribution in [-0.2, 0) is 0 Å². The summed E-state index contributed by atoms with van der Waals surface area (Å²) in [6.07, 6.45) is 7.80. The maximum absolute atomic E-state index is 12.9. The minimum Gasteiger partial charge on any atom is -0.347 e. The van der Waals surface area contributed by atoms with Crippen LogP contribution in [-0.4, -0.2) is 11.4 Å². The average Bonchev–Trinajstić information content (AvgIpc) is 2.53. The highest BCUT2D eigenvalue weighted by atomic mass is 79.9. The topological polar surface area (TPSA) is 29.1 Å². The SMILES string of the molecule is O=C(NC12CC3CC(CC(C3)C1)C2)c1ccc2c(Br)cccc2c1. The normalized spacial score (nSPS) is 33.8. The van der Waals surface area contributed by atoms with Crippen molar-refractivity contribution in [2.24, 2.45) is 17.8 Å². The fourth-order valence-corrected chi connectivity index (χ4v) is 6.48. The molecule has 1 N–H and O–H groups in total. The van der Waals surface area contributed by atoms with E-state index < -0.39 is 0 Å². The number of halogens is 1. The summed E-state index contributed by atoms with van der Waals surface area (Å²) in [6.45, 7) is 0. The van der Waals surface area contributed by atoms with Crippen molar-refractivity contribution in [3.63, 3.8) is 0 Å². The van der Waals surface area contributed by atoms with Gasteiger partial charge in [0, 0.05) is 15.6 Å². The van der Waals surface area contributed by atoms with Crippen molar-refractivity contribution in [3.8, 4) is 0 Å². The fraction of sp³-hybridized carbons (Fsp3) is 0.476.